The highest BCUT2D eigenvalue weighted by molar-refractivity contribution is 9.10. The number of fused-ring (bicyclic) bond motifs is 2. The van der Waals surface area contributed by atoms with E-state index in [1.807, 2.05) is 0 Å². The number of furan rings is 1. The van der Waals surface area contributed by atoms with Crippen LogP contribution in [0.5, 0.6) is 5.75 Å². The second-order valence-corrected chi connectivity index (χ2v) is 10.1. The minimum absolute atomic E-state index is 0.218. The first-order valence-electron chi connectivity index (χ1n) is 11.8. The van der Waals surface area contributed by atoms with Crippen LogP contribution in [0.3, 0.4) is 0 Å². The standard InChI is InChI=1S/C28H20BrCl2N3O5/c1-3-37-28(36)15(2)38-25-20(29)10-16(11-21(25)31)14-32-34-26(33-22-7-5-4-6-19(22)27(34)35)24-13-17-12-18(30)8-9-23(17)39-24/h4-15H,3H2,1-2H3/t15-/m0/s1. The van der Waals surface area contributed by atoms with Crippen molar-refractivity contribution in [3.63, 3.8) is 0 Å². The molecule has 0 aliphatic heterocycles. The van der Waals surface area contributed by atoms with Gasteiger partial charge in [-0.1, -0.05) is 35.3 Å². The Bertz CT molecular complexity index is 1790. The summed E-state index contributed by atoms with van der Waals surface area (Å²) in [6, 6.07) is 17.3. The van der Waals surface area contributed by atoms with E-state index < -0.39 is 12.1 Å². The molecule has 0 unspecified atom stereocenters. The Kier molecular flexibility index (Phi) is 7.74. The summed E-state index contributed by atoms with van der Waals surface area (Å²) in [5.74, 6) is 0.342. The molecular formula is C28H20BrCl2N3O5. The van der Waals surface area contributed by atoms with Crippen LogP contribution in [0.1, 0.15) is 19.4 Å². The molecule has 5 rings (SSSR count). The van der Waals surface area contributed by atoms with Crippen molar-refractivity contribution in [3.8, 4) is 17.3 Å². The van der Waals surface area contributed by atoms with Gasteiger partial charge in [0.2, 0.25) is 5.82 Å². The number of para-hydroxylation sites is 1. The second kappa shape index (κ2) is 11.2. The van der Waals surface area contributed by atoms with Crippen LogP contribution in [-0.2, 0) is 9.53 Å². The largest absolute Gasteiger partial charge is 0.476 e. The van der Waals surface area contributed by atoms with Crippen molar-refractivity contribution in [3.05, 3.63) is 91.1 Å². The Morgan fingerprint density at radius 1 is 1.18 bits per heavy atom. The number of carbonyl (C=O) groups is 1. The zero-order valence-corrected chi connectivity index (χ0v) is 23.7. The van der Waals surface area contributed by atoms with Gasteiger partial charge >= 0.3 is 5.97 Å². The van der Waals surface area contributed by atoms with Gasteiger partial charge in [0.1, 0.15) is 5.58 Å². The highest BCUT2D eigenvalue weighted by Gasteiger charge is 2.20. The van der Waals surface area contributed by atoms with Crippen LogP contribution in [0.15, 0.2) is 79.4 Å². The lowest BCUT2D eigenvalue weighted by atomic mass is 10.2. The molecule has 11 heteroatoms. The van der Waals surface area contributed by atoms with Crippen LogP contribution < -0.4 is 10.3 Å². The first kappa shape index (κ1) is 26.9. The Labute approximate surface area is 240 Å². The summed E-state index contributed by atoms with van der Waals surface area (Å²) in [4.78, 5) is 30.1. The summed E-state index contributed by atoms with van der Waals surface area (Å²) in [5, 5.41) is 6.41. The minimum Gasteiger partial charge on any atom is -0.476 e. The summed E-state index contributed by atoms with van der Waals surface area (Å²) in [6.45, 7) is 3.53. The predicted octanol–water partition coefficient (Wildman–Crippen LogP) is 7.09. The second-order valence-electron chi connectivity index (χ2n) is 8.43. The van der Waals surface area contributed by atoms with Crippen molar-refractivity contribution in [2.45, 2.75) is 20.0 Å². The molecule has 0 spiro atoms. The lowest BCUT2D eigenvalue weighted by molar-refractivity contribution is -0.150. The highest BCUT2D eigenvalue weighted by Crippen LogP contribution is 2.35. The van der Waals surface area contributed by atoms with E-state index in [9.17, 15) is 9.59 Å². The molecule has 0 saturated carbocycles. The normalized spacial score (nSPS) is 12.3. The molecule has 0 radical (unpaired) electrons. The monoisotopic (exact) mass is 627 g/mol. The van der Waals surface area contributed by atoms with Crippen molar-refractivity contribution < 1.29 is 18.7 Å². The summed E-state index contributed by atoms with van der Waals surface area (Å²) >= 11 is 16.0. The topological polar surface area (TPSA) is 95.9 Å². The average molecular weight is 629 g/mol. The maximum Gasteiger partial charge on any atom is 0.347 e. The van der Waals surface area contributed by atoms with Gasteiger partial charge in [0, 0.05) is 10.4 Å². The number of hydrogen-bond acceptors (Lipinski definition) is 7. The van der Waals surface area contributed by atoms with E-state index in [-0.39, 0.29) is 28.8 Å². The van der Waals surface area contributed by atoms with E-state index in [0.29, 0.717) is 37.3 Å². The molecule has 0 saturated heterocycles. The van der Waals surface area contributed by atoms with E-state index in [4.69, 9.17) is 37.1 Å². The molecule has 3 aromatic carbocycles. The highest BCUT2D eigenvalue weighted by atomic mass is 79.9. The molecule has 0 N–H and O–H groups in total. The molecule has 198 valence electrons. The van der Waals surface area contributed by atoms with Crippen molar-refractivity contribution >= 4 is 73.2 Å². The van der Waals surface area contributed by atoms with Crippen LogP contribution in [0.2, 0.25) is 10.0 Å². The van der Waals surface area contributed by atoms with Crippen molar-refractivity contribution in [1.29, 1.82) is 0 Å². The number of hydrogen-bond donors (Lipinski definition) is 0. The molecule has 2 aromatic heterocycles. The van der Waals surface area contributed by atoms with Crippen LogP contribution in [-0.4, -0.2) is 34.6 Å². The number of carbonyl (C=O) groups excluding carboxylic acids is 1. The molecule has 1 atom stereocenters. The van der Waals surface area contributed by atoms with Crippen LogP contribution >= 0.6 is 39.1 Å². The van der Waals surface area contributed by atoms with E-state index in [2.05, 4.69) is 26.0 Å². The van der Waals surface area contributed by atoms with Gasteiger partial charge < -0.3 is 13.9 Å². The van der Waals surface area contributed by atoms with E-state index in [1.54, 1.807) is 74.5 Å². The molecule has 0 aliphatic rings. The SMILES string of the molecule is CCOC(=O)[C@H](C)Oc1c(Cl)cc(C=Nn2c(-c3cc4cc(Cl)ccc4o3)nc3ccccc3c2=O)cc1Br. The molecule has 0 fully saturated rings. The quantitative estimate of drug-likeness (QED) is 0.141. The Balaban J connectivity index is 1.56. The lowest BCUT2D eigenvalue weighted by Crippen LogP contribution is -2.26. The fourth-order valence-corrected chi connectivity index (χ4v) is 5.03. The molecular weight excluding hydrogens is 609 g/mol. The molecule has 39 heavy (non-hydrogen) atoms. The van der Waals surface area contributed by atoms with Gasteiger partial charge in [-0.3, -0.25) is 4.79 Å². The van der Waals surface area contributed by atoms with Gasteiger partial charge in [-0.25, -0.2) is 9.78 Å². The third-order valence-electron chi connectivity index (χ3n) is 5.71. The number of halogens is 3. The third-order valence-corrected chi connectivity index (χ3v) is 6.81. The van der Waals surface area contributed by atoms with Gasteiger partial charge in [0.05, 0.1) is 33.2 Å². The Morgan fingerprint density at radius 2 is 1.97 bits per heavy atom. The van der Waals surface area contributed by atoms with E-state index >= 15 is 0 Å². The predicted molar refractivity (Wildman–Crippen MR) is 155 cm³/mol. The molecule has 2 heterocycles. The number of esters is 1. The van der Waals surface area contributed by atoms with Gasteiger partial charge in [-0.15, -0.1) is 0 Å². The maximum absolute atomic E-state index is 13.5. The Morgan fingerprint density at radius 3 is 2.74 bits per heavy atom. The number of aromatic nitrogens is 2. The summed E-state index contributed by atoms with van der Waals surface area (Å²) in [7, 11) is 0. The average Bonchev–Trinajstić information content (AvgIpc) is 3.33. The van der Waals surface area contributed by atoms with Crippen molar-refractivity contribution in [1.82, 2.24) is 9.66 Å². The summed E-state index contributed by atoms with van der Waals surface area (Å²) in [5.41, 5.74) is 1.28. The van der Waals surface area contributed by atoms with Crippen molar-refractivity contribution in [2.75, 3.05) is 6.61 Å². The zero-order valence-electron chi connectivity index (χ0n) is 20.7. The van der Waals surface area contributed by atoms with Crippen molar-refractivity contribution in [2.24, 2.45) is 5.10 Å². The number of rotatable bonds is 7. The third kappa shape index (κ3) is 5.56. The van der Waals surface area contributed by atoms with Crippen LogP contribution in [0.25, 0.3) is 33.5 Å². The fraction of sp³-hybridized carbons (Fsp3) is 0.143. The van der Waals surface area contributed by atoms with Gasteiger partial charge in [0.15, 0.2) is 17.6 Å². The summed E-state index contributed by atoms with van der Waals surface area (Å²) < 4.78 is 18.4. The first-order chi connectivity index (χ1) is 18.7. The number of ether oxygens (including phenoxy) is 2. The Hall–Kier alpha value is -3.66. The molecule has 8 nitrogen and oxygen atoms in total. The molecule has 0 aliphatic carbocycles. The van der Waals surface area contributed by atoms with Gasteiger partial charge in [-0.05, 0) is 83.9 Å². The molecule has 5 aromatic rings. The number of nitrogens with zero attached hydrogens (tertiary/aromatic N) is 3. The zero-order chi connectivity index (χ0) is 27.7. The van der Waals surface area contributed by atoms with Crippen LogP contribution in [0, 0.1) is 0 Å². The maximum atomic E-state index is 13.5. The summed E-state index contributed by atoms with van der Waals surface area (Å²) in [6.07, 6.45) is 0.609. The number of benzene rings is 3. The lowest BCUT2D eigenvalue weighted by Gasteiger charge is -2.16. The van der Waals surface area contributed by atoms with E-state index in [1.165, 1.54) is 10.9 Å². The first-order valence-corrected chi connectivity index (χ1v) is 13.4. The van der Waals surface area contributed by atoms with Gasteiger partial charge in [0.25, 0.3) is 5.56 Å². The smallest absolute Gasteiger partial charge is 0.347 e. The van der Waals surface area contributed by atoms with E-state index in [0.717, 1.165) is 5.39 Å². The molecule has 0 amide bonds. The van der Waals surface area contributed by atoms with Crippen LogP contribution in [0.4, 0.5) is 0 Å². The van der Waals surface area contributed by atoms with Gasteiger partial charge in [-0.2, -0.15) is 9.78 Å². The molecule has 0 bridgehead atoms. The minimum atomic E-state index is -0.859. The fourth-order valence-electron chi connectivity index (χ4n) is 3.89.